The summed E-state index contributed by atoms with van der Waals surface area (Å²) in [5.74, 6) is 0. The molecule has 0 fully saturated rings. The summed E-state index contributed by atoms with van der Waals surface area (Å²) in [6.45, 7) is 0. The molecule has 0 spiro atoms. The van der Waals surface area contributed by atoms with Crippen molar-refractivity contribution in [2.45, 2.75) is 12.3 Å². The Morgan fingerprint density at radius 1 is 1.00 bits per heavy atom. The molecular weight excluding hydrogens is 392 g/mol. The maximum atomic E-state index is 12.8. The van der Waals surface area contributed by atoms with Gasteiger partial charge < -0.3 is 5.11 Å². The Bertz CT molecular complexity index is 674. The van der Waals surface area contributed by atoms with Gasteiger partial charge in [-0.2, -0.15) is 13.2 Å². The summed E-state index contributed by atoms with van der Waals surface area (Å²) in [6, 6.07) is 7.47. The van der Waals surface area contributed by atoms with Crippen molar-refractivity contribution in [2.24, 2.45) is 0 Å². The molecule has 0 aromatic heterocycles. The second kappa shape index (κ2) is 6.16. The van der Waals surface area contributed by atoms with Gasteiger partial charge in [-0.05, 0) is 42.0 Å². The minimum Gasteiger partial charge on any atom is -0.384 e. The van der Waals surface area contributed by atoms with Gasteiger partial charge in [0.15, 0.2) is 0 Å². The lowest BCUT2D eigenvalue weighted by molar-refractivity contribution is -0.137. The second-order valence-corrected chi connectivity index (χ2v) is 6.00. The first kappa shape index (κ1) is 16.6. The number of benzene rings is 2. The molecular formula is C14H8BrCl2F3O. The van der Waals surface area contributed by atoms with Crippen molar-refractivity contribution < 1.29 is 18.3 Å². The molecule has 7 heteroatoms. The number of halogens is 6. The van der Waals surface area contributed by atoms with E-state index in [1.54, 1.807) is 0 Å². The average molecular weight is 400 g/mol. The molecule has 2 rings (SSSR count). The maximum absolute atomic E-state index is 12.8. The summed E-state index contributed by atoms with van der Waals surface area (Å²) in [7, 11) is 0. The fourth-order valence-corrected chi connectivity index (χ4v) is 2.69. The first-order chi connectivity index (χ1) is 9.70. The number of hydrogen-bond acceptors (Lipinski definition) is 1. The Morgan fingerprint density at radius 3 is 2.29 bits per heavy atom. The van der Waals surface area contributed by atoms with Crippen molar-refractivity contribution in [2.75, 3.05) is 0 Å². The van der Waals surface area contributed by atoms with Crippen LogP contribution in [0.15, 0.2) is 40.9 Å². The van der Waals surface area contributed by atoms with Gasteiger partial charge >= 0.3 is 6.18 Å². The topological polar surface area (TPSA) is 20.2 Å². The highest BCUT2D eigenvalue weighted by molar-refractivity contribution is 9.10. The summed E-state index contributed by atoms with van der Waals surface area (Å²) in [5.41, 5.74) is -0.545. The average Bonchev–Trinajstić information content (AvgIpc) is 2.40. The lowest BCUT2D eigenvalue weighted by Gasteiger charge is -2.17. The van der Waals surface area contributed by atoms with Crippen LogP contribution in [0, 0.1) is 0 Å². The fourth-order valence-electron chi connectivity index (χ4n) is 1.82. The van der Waals surface area contributed by atoms with Crippen molar-refractivity contribution in [3.63, 3.8) is 0 Å². The Hall–Kier alpha value is -0.750. The van der Waals surface area contributed by atoms with E-state index in [1.807, 2.05) is 0 Å². The molecule has 0 radical (unpaired) electrons. The van der Waals surface area contributed by atoms with Gasteiger partial charge in [-0.3, -0.25) is 0 Å². The van der Waals surface area contributed by atoms with Crippen LogP contribution in [-0.4, -0.2) is 5.11 Å². The van der Waals surface area contributed by atoms with Crippen molar-refractivity contribution in [3.05, 3.63) is 67.6 Å². The molecule has 0 aliphatic carbocycles. The predicted octanol–water partition coefficient (Wildman–Crippen LogP) is 5.86. The van der Waals surface area contributed by atoms with Gasteiger partial charge in [0, 0.05) is 20.1 Å². The highest BCUT2D eigenvalue weighted by atomic mass is 79.9. The molecule has 112 valence electrons. The van der Waals surface area contributed by atoms with Crippen molar-refractivity contribution in [3.8, 4) is 0 Å². The van der Waals surface area contributed by atoms with Crippen LogP contribution in [0.25, 0.3) is 0 Å². The van der Waals surface area contributed by atoms with E-state index >= 15 is 0 Å². The zero-order valence-electron chi connectivity index (χ0n) is 10.3. The number of rotatable bonds is 2. The lowest BCUT2D eigenvalue weighted by Crippen LogP contribution is -2.08. The van der Waals surface area contributed by atoms with E-state index in [1.165, 1.54) is 24.3 Å². The van der Waals surface area contributed by atoms with Crippen LogP contribution in [-0.2, 0) is 6.18 Å². The Kier molecular flexibility index (Phi) is 4.88. The molecule has 1 atom stereocenters. The highest BCUT2D eigenvalue weighted by Gasteiger charge is 2.32. The van der Waals surface area contributed by atoms with Crippen LogP contribution in [0.3, 0.4) is 0 Å². The number of aliphatic hydroxyl groups excluding tert-OH is 1. The molecule has 0 heterocycles. The van der Waals surface area contributed by atoms with Gasteiger partial charge in [0.25, 0.3) is 0 Å². The minimum atomic E-state index is -4.49. The van der Waals surface area contributed by atoms with Crippen molar-refractivity contribution in [1.29, 1.82) is 0 Å². The molecule has 1 unspecified atom stereocenters. The maximum Gasteiger partial charge on any atom is 0.416 e. The third-order valence-electron chi connectivity index (χ3n) is 2.87. The third-order valence-corrected chi connectivity index (χ3v) is 4.17. The van der Waals surface area contributed by atoms with Crippen LogP contribution in [0.5, 0.6) is 0 Å². The van der Waals surface area contributed by atoms with Crippen LogP contribution in [0.2, 0.25) is 10.0 Å². The molecule has 2 aromatic rings. The van der Waals surface area contributed by atoms with Gasteiger partial charge in [0.2, 0.25) is 0 Å². The van der Waals surface area contributed by atoms with Gasteiger partial charge in [0.05, 0.1) is 5.56 Å². The second-order valence-electron chi connectivity index (χ2n) is 4.30. The summed E-state index contributed by atoms with van der Waals surface area (Å²) in [4.78, 5) is 0. The first-order valence-electron chi connectivity index (χ1n) is 5.70. The molecule has 0 saturated carbocycles. The zero-order valence-corrected chi connectivity index (χ0v) is 13.4. The third kappa shape index (κ3) is 3.72. The SMILES string of the molecule is OC(c1cc(Cl)ccc1Cl)c1cc(C(F)(F)F)ccc1Br. The van der Waals surface area contributed by atoms with Gasteiger partial charge in [0.1, 0.15) is 6.10 Å². The Labute approximate surface area is 137 Å². The van der Waals surface area contributed by atoms with Crippen LogP contribution in [0.4, 0.5) is 13.2 Å². The monoisotopic (exact) mass is 398 g/mol. The fraction of sp³-hybridized carbons (Fsp3) is 0.143. The molecule has 2 aromatic carbocycles. The summed E-state index contributed by atoms with van der Waals surface area (Å²) >= 11 is 14.9. The van der Waals surface area contributed by atoms with E-state index in [-0.39, 0.29) is 16.1 Å². The molecule has 1 N–H and O–H groups in total. The first-order valence-corrected chi connectivity index (χ1v) is 7.24. The smallest absolute Gasteiger partial charge is 0.384 e. The number of alkyl halides is 3. The molecule has 1 nitrogen and oxygen atoms in total. The van der Waals surface area contributed by atoms with Gasteiger partial charge in [-0.1, -0.05) is 39.1 Å². The minimum absolute atomic E-state index is 0.0639. The standard InChI is InChI=1S/C14H8BrCl2F3O/c15-11-3-1-7(14(18,19)20)5-9(11)13(21)10-6-8(16)2-4-12(10)17/h1-6,13,21H. The molecule has 0 saturated heterocycles. The van der Waals surface area contributed by atoms with Gasteiger partial charge in [-0.25, -0.2) is 0 Å². The van der Waals surface area contributed by atoms with Crippen molar-refractivity contribution in [1.82, 2.24) is 0 Å². The zero-order chi connectivity index (χ0) is 15.8. The molecule has 0 bridgehead atoms. The molecule has 0 aliphatic heterocycles. The highest BCUT2D eigenvalue weighted by Crippen LogP contribution is 2.37. The van der Waals surface area contributed by atoms with E-state index in [0.717, 1.165) is 12.1 Å². The summed E-state index contributed by atoms with van der Waals surface area (Å²) in [5, 5.41) is 10.9. The molecule has 0 aliphatic rings. The van der Waals surface area contributed by atoms with Crippen LogP contribution in [0.1, 0.15) is 22.8 Å². The quantitative estimate of drug-likeness (QED) is 0.670. The summed E-state index contributed by atoms with van der Waals surface area (Å²) < 4.78 is 38.6. The van der Waals surface area contributed by atoms with Crippen molar-refractivity contribution >= 4 is 39.1 Å². The molecule has 21 heavy (non-hydrogen) atoms. The van der Waals surface area contributed by atoms with Gasteiger partial charge in [-0.15, -0.1) is 0 Å². The van der Waals surface area contributed by atoms with Crippen LogP contribution >= 0.6 is 39.1 Å². The van der Waals surface area contributed by atoms with E-state index in [9.17, 15) is 18.3 Å². The van der Waals surface area contributed by atoms with E-state index in [4.69, 9.17) is 23.2 Å². The predicted molar refractivity (Wildman–Crippen MR) is 79.7 cm³/mol. The number of hydrogen-bond donors (Lipinski definition) is 1. The lowest BCUT2D eigenvalue weighted by atomic mass is 9.99. The largest absolute Gasteiger partial charge is 0.416 e. The Balaban J connectivity index is 2.52. The molecule has 0 amide bonds. The normalized spacial score (nSPS) is 13.3. The van der Waals surface area contributed by atoms with E-state index in [0.29, 0.717) is 9.50 Å². The van der Waals surface area contributed by atoms with E-state index in [2.05, 4.69) is 15.9 Å². The van der Waals surface area contributed by atoms with Crippen LogP contribution < -0.4 is 0 Å². The summed E-state index contributed by atoms with van der Waals surface area (Å²) in [6.07, 6.45) is -5.82. The Morgan fingerprint density at radius 2 is 1.67 bits per heavy atom. The number of aliphatic hydroxyl groups is 1. The van der Waals surface area contributed by atoms with E-state index < -0.39 is 17.8 Å².